The van der Waals surface area contributed by atoms with Crippen molar-refractivity contribution >= 4 is 11.6 Å². The molecule has 9 nitrogen and oxygen atoms in total. The van der Waals surface area contributed by atoms with E-state index >= 15 is 0 Å². The fraction of sp³-hybridized carbons (Fsp3) is 0.520. The normalized spacial score (nSPS) is 25.4. The highest BCUT2D eigenvalue weighted by molar-refractivity contribution is 6.32. The Morgan fingerprint density at radius 2 is 1.76 bits per heavy atom. The lowest BCUT2D eigenvalue weighted by molar-refractivity contribution is -0.219. The molecular weight excluding hydrogens is 518 g/mol. The van der Waals surface area contributed by atoms with Crippen molar-refractivity contribution in [1.82, 2.24) is 0 Å². The molecule has 12 heteroatoms. The van der Waals surface area contributed by atoms with E-state index in [1.54, 1.807) is 6.92 Å². The molecule has 208 valence electrons. The van der Waals surface area contributed by atoms with Gasteiger partial charge >= 0.3 is 0 Å². The molecule has 0 saturated carbocycles. The molecule has 1 aromatic rings. The van der Waals surface area contributed by atoms with Crippen molar-refractivity contribution < 1.29 is 53.6 Å². The van der Waals surface area contributed by atoms with Crippen molar-refractivity contribution in [2.45, 2.75) is 56.1 Å². The van der Waals surface area contributed by atoms with Gasteiger partial charge in [-0.05, 0) is 42.3 Å². The van der Waals surface area contributed by atoms with E-state index in [4.69, 9.17) is 25.8 Å². The Labute approximate surface area is 218 Å². The first kappa shape index (κ1) is 31.3. The van der Waals surface area contributed by atoms with Gasteiger partial charge in [0.1, 0.15) is 49.5 Å². The second kappa shape index (κ2) is 14.3. The summed E-state index contributed by atoms with van der Waals surface area (Å²) in [5.41, 5.74) is 0.228. The lowest BCUT2D eigenvalue weighted by atomic mass is 9.90. The second-order valence-corrected chi connectivity index (χ2v) is 8.76. The third-order valence-corrected chi connectivity index (χ3v) is 6.17. The maximum absolute atomic E-state index is 12.0. The Morgan fingerprint density at radius 3 is 2.32 bits per heavy atom. The van der Waals surface area contributed by atoms with Gasteiger partial charge in [-0.3, -0.25) is 0 Å². The number of halogens is 3. The molecule has 0 aliphatic carbocycles. The third kappa shape index (κ3) is 8.28. The molecule has 1 saturated heterocycles. The fourth-order valence-corrected chi connectivity index (χ4v) is 3.81. The molecule has 37 heavy (non-hydrogen) atoms. The number of ether oxygens (including phenoxy) is 3. The Bertz CT molecular complexity index is 935. The molecule has 5 atom stereocenters. The summed E-state index contributed by atoms with van der Waals surface area (Å²) >= 11 is 6.27. The van der Waals surface area contributed by atoms with E-state index in [1.807, 2.05) is 0 Å². The minimum Gasteiger partial charge on any atom is -0.491 e. The second-order valence-electron chi connectivity index (χ2n) is 8.35. The first-order valence-corrected chi connectivity index (χ1v) is 11.9. The van der Waals surface area contributed by atoms with E-state index in [1.165, 1.54) is 36.4 Å². The Morgan fingerprint density at radius 1 is 1.11 bits per heavy atom. The van der Waals surface area contributed by atoms with Crippen LogP contribution >= 0.6 is 11.6 Å². The molecule has 0 amide bonds. The van der Waals surface area contributed by atoms with Gasteiger partial charge in [-0.2, -0.15) is 0 Å². The van der Waals surface area contributed by atoms with E-state index in [9.17, 15) is 39.4 Å². The van der Waals surface area contributed by atoms with Crippen LogP contribution in [0.1, 0.15) is 18.9 Å². The molecule has 0 bridgehead atoms. The largest absolute Gasteiger partial charge is 0.491 e. The molecule has 1 aliphatic rings. The topological polar surface area (TPSA) is 149 Å². The van der Waals surface area contributed by atoms with Crippen molar-refractivity contribution in [2.24, 2.45) is 0 Å². The maximum Gasteiger partial charge on any atom is 0.261 e. The Hall–Kier alpha value is -1.93. The van der Waals surface area contributed by atoms with Crippen LogP contribution in [0.4, 0.5) is 8.78 Å². The van der Waals surface area contributed by atoms with Crippen LogP contribution in [0.5, 0.6) is 5.75 Å². The van der Waals surface area contributed by atoms with Crippen LogP contribution in [0.2, 0.25) is 0 Å². The highest BCUT2D eigenvalue weighted by atomic mass is 35.5. The van der Waals surface area contributed by atoms with Gasteiger partial charge in [0.05, 0.1) is 13.2 Å². The van der Waals surface area contributed by atoms with Crippen LogP contribution in [-0.4, -0.2) is 94.0 Å². The van der Waals surface area contributed by atoms with Crippen LogP contribution in [0.25, 0.3) is 0 Å². The summed E-state index contributed by atoms with van der Waals surface area (Å²) in [6.07, 6.45) is -6.06. The number of hydrogen-bond donors (Lipinski definition) is 6. The van der Waals surface area contributed by atoms with Crippen LogP contribution in [-0.2, 0) is 15.3 Å². The van der Waals surface area contributed by atoms with Gasteiger partial charge in [-0.1, -0.05) is 31.2 Å². The smallest absolute Gasteiger partial charge is 0.261 e. The maximum atomic E-state index is 12.0. The quantitative estimate of drug-likeness (QED) is 0.121. The van der Waals surface area contributed by atoms with Gasteiger partial charge in [0.25, 0.3) is 6.43 Å². The van der Waals surface area contributed by atoms with Gasteiger partial charge in [-0.15, -0.1) is 0 Å². The summed E-state index contributed by atoms with van der Waals surface area (Å²) in [4.78, 5) is 0. The zero-order chi connectivity index (χ0) is 27.8. The number of rotatable bonds is 13. The Balaban J connectivity index is 2.09. The van der Waals surface area contributed by atoms with Gasteiger partial charge in [-0.25, -0.2) is 8.78 Å². The summed E-state index contributed by atoms with van der Waals surface area (Å²) in [5.74, 6) is -2.21. The summed E-state index contributed by atoms with van der Waals surface area (Å²) in [6.45, 7) is 4.14. The van der Waals surface area contributed by atoms with Crippen molar-refractivity contribution in [3.05, 3.63) is 64.7 Å². The lowest BCUT2D eigenvalue weighted by Crippen LogP contribution is -2.58. The van der Waals surface area contributed by atoms with Crippen LogP contribution in [0.3, 0.4) is 0 Å². The number of benzene rings is 1. The zero-order valence-corrected chi connectivity index (χ0v) is 21.0. The molecule has 2 rings (SSSR count). The number of alkyl halides is 2. The molecule has 1 aromatic carbocycles. The number of hydrogen-bond acceptors (Lipinski definition) is 9. The Kier molecular flexibility index (Phi) is 12.1. The van der Waals surface area contributed by atoms with Gasteiger partial charge in [0, 0.05) is 16.2 Å². The molecule has 6 N–H and O–H groups in total. The van der Waals surface area contributed by atoms with Crippen molar-refractivity contribution in [2.75, 3.05) is 26.4 Å². The average Bonchev–Trinajstić information content (AvgIpc) is 2.87. The molecule has 0 aromatic heterocycles. The minimum absolute atomic E-state index is 0.0251. The number of allylic oxidation sites excluding steroid dienone is 2. The predicted molar refractivity (Wildman–Crippen MR) is 130 cm³/mol. The molecule has 1 fully saturated rings. The standard InChI is InChI=1S/C25H33ClF2O9/c1-3-15(24-23(32)22(31)21(30)19(12-29)37-24)4-9-18(26)14(2)25(33,34)16-5-7-17(8-6-16)36-11-10-35-13-20(27)28/h4-9,19-24,29-34H,2-3,10-13H2,1H3. The summed E-state index contributed by atoms with van der Waals surface area (Å²) < 4.78 is 39.7. The number of aliphatic hydroxyl groups is 6. The first-order chi connectivity index (χ1) is 17.4. The molecule has 1 heterocycles. The van der Waals surface area contributed by atoms with Crippen molar-refractivity contribution in [3.63, 3.8) is 0 Å². The van der Waals surface area contributed by atoms with Crippen LogP contribution in [0.15, 0.2) is 59.2 Å². The predicted octanol–water partition coefficient (Wildman–Crippen LogP) is 1.34. The zero-order valence-electron chi connectivity index (χ0n) is 20.2. The van der Waals surface area contributed by atoms with Crippen LogP contribution in [0, 0.1) is 0 Å². The summed E-state index contributed by atoms with van der Waals surface area (Å²) in [5, 5.41) is 61.0. The van der Waals surface area contributed by atoms with Crippen LogP contribution < -0.4 is 4.74 Å². The lowest BCUT2D eigenvalue weighted by Gasteiger charge is -2.41. The number of aliphatic hydroxyl groups excluding tert-OH is 4. The van der Waals surface area contributed by atoms with Gasteiger partial charge < -0.3 is 44.8 Å². The first-order valence-electron chi connectivity index (χ1n) is 11.5. The summed E-state index contributed by atoms with van der Waals surface area (Å²) in [7, 11) is 0. The summed E-state index contributed by atoms with van der Waals surface area (Å²) in [6, 6.07) is 5.63. The van der Waals surface area contributed by atoms with E-state index < -0.39 is 55.9 Å². The van der Waals surface area contributed by atoms with Crippen molar-refractivity contribution in [1.29, 1.82) is 0 Å². The monoisotopic (exact) mass is 550 g/mol. The highest BCUT2D eigenvalue weighted by Gasteiger charge is 2.44. The van der Waals surface area contributed by atoms with E-state index in [2.05, 4.69) is 6.58 Å². The molecular formula is C25H33ClF2O9. The van der Waals surface area contributed by atoms with E-state index in [0.29, 0.717) is 17.7 Å². The molecule has 1 aliphatic heterocycles. The molecule has 0 spiro atoms. The third-order valence-electron chi connectivity index (χ3n) is 5.82. The van der Waals surface area contributed by atoms with E-state index in [0.717, 1.165) is 0 Å². The SMILES string of the molecule is C=C(C(Cl)=CC=C(CC)C1OC(CO)C(O)C(O)C1O)C(O)(O)c1ccc(OCCOCC(F)F)cc1. The van der Waals surface area contributed by atoms with Gasteiger partial charge in [0.2, 0.25) is 5.79 Å². The molecule has 0 radical (unpaired) electrons. The van der Waals surface area contributed by atoms with Crippen molar-refractivity contribution in [3.8, 4) is 5.75 Å². The highest BCUT2D eigenvalue weighted by Crippen LogP contribution is 2.34. The van der Waals surface area contributed by atoms with E-state index in [-0.39, 0.29) is 29.4 Å². The fourth-order valence-electron chi connectivity index (χ4n) is 3.62. The average molecular weight is 551 g/mol. The molecule has 5 unspecified atom stereocenters. The van der Waals surface area contributed by atoms with Gasteiger partial charge in [0.15, 0.2) is 0 Å². The minimum atomic E-state index is -2.56.